The highest BCUT2D eigenvalue weighted by atomic mass is 19.4. The molecule has 2 aromatic rings. The third-order valence-electron chi connectivity index (χ3n) is 5.92. The van der Waals surface area contributed by atoms with Crippen molar-refractivity contribution in [3.63, 3.8) is 0 Å². The molecule has 0 radical (unpaired) electrons. The van der Waals surface area contributed by atoms with Gasteiger partial charge in [-0.25, -0.2) is 18.6 Å². The molecule has 3 atom stereocenters. The van der Waals surface area contributed by atoms with E-state index in [4.69, 9.17) is 15.2 Å². The molecular weight excluding hydrogens is 451 g/mol. The number of hydrogen-bond acceptors (Lipinski definition) is 6. The zero-order valence-electron chi connectivity index (χ0n) is 17.7. The number of esters is 1. The van der Waals surface area contributed by atoms with E-state index in [1.807, 2.05) is 4.90 Å². The number of nitrogens with two attached hydrogens (primary N) is 1. The number of halogens is 5. The van der Waals surface area contributed by atoms with Crippen LogP contribution in [0.4, 0.5) is 22.0 Å². The predicted molar refractivity (Wildman–Crippen MR) is 105 cm³/mol. The highest BCUT2D eigenvalue weighted by Gasteiger charge is 2.43. The van der Waals surface area contributed by atoms with Crippen molar-refractivity contribution in [3.8, 4) is 0 Å². The number of rotatable bonds is 4. The van der Waals surface area contributed by atoms with Crippen LogP contribution < -0.4 is 5.73 Å². The van der Waals surface area contributed by atoms with Gasteiger partial charge in [-0.3, -0.25) is 4.90 Å². The van der Waals surface area contributed by atoms with Crippen molar-refractivity contribution < 1.29 is 36.2 Å². The number of carbonyl (C=O) groups excluding carboxylic acids is 1. The average molecular weight is 474 g/mol. The summed E-state index contributed by atoms with van der Waals surface area (Å²) in [7, 11) is 0. The summed E-state index contributed by atoms with van der Waals surface area (Å²) >= 11 is 0. The number of imidazole rings is 1. The molecule has 2 aliphatic heterocycles. The van der Waals surface area contributed by atoms with Crippen LogP contribution in [-0.4, -0.2) is 52.3 Å². The van der Waals surface area contributed by atoms with Gasteiger partial charge < -0.3 is 19.8 Å². The fraction of sp³-hybridized carbons (Fsp3) is 0.524. The van der Waals surface area contributed by atoms with E-state index in [2.05, 4.69) is 4.98 Å². The van der Waals surface area contributed by atoms with Crippen molar-refractivity contribution in [2.45, 2.75) is 50.8 Å². The Morgan fingerprint density at radius 3 is 2.73 bits per heavy atom. The number of benzene rings is 1. The smallest absolute Gasteiger partial charge is 0.435 e. The van der Waals surface area contributed by atoms with E-state index in [0.717, 1.165) is 18.2 Å². The number of alkyl halides is 3. The van der Waals surface area contributed by atoms with Crippen LogP contribution in [0.2, 0.25) is 0 Å². The van der Waals surface area contributed by atoms with Crippen molar-refractivity contribution in [1.29, 1.82) is 0 Å². The van der Waals surface area contributed by atoms with Gasteiger partial charge in [0.2, 0.25) is 0 Å². The molecule has 3 heterocycles. The van der Waals surface area contributed by atoms with Gasteiger partial charge in [0.1, 0.15) is 23.6 Å². The van der Waals surface area contributed by atoms with Gasteiger partial charge in [-0.2, -0.15) is 13.2 Å². The second kappa shape index (κ2) is 8.99. The largest absolute Gasteiger partial charge is 0.461 e. The maximum atomic E-state index is 14.1. The molecule has 0 saturated carbocycles. The molecule has 0 bridgehead atoms. The highest BCUT2D eigenvalue weighted by molar-refractivity contribution is 5.89. The Bertz CT molecular complexity index is 1040. The Labute approximate surface area is 186 Å². The highest BCUT2D eigenvalue weighted by Crippen LogP contribution is 2.35. The minimum atomic E-state index is -4.81. The lowest BCUT2D eigenvalue weighted by Gasteiger charge is -2.41. The van der Waals surface area contributed by atoms with Gasteiger partial charge in [0.15, 0.2) is 11.4 Å². The molecule has 180 valence electrons. The lowest BCUT2D eigenvalue weighted by molar-refractivity contribution is -0.141. The first-order chi connectivity index (χ1) is 15.6. The standard InChI is InChI=1S/C21H23F5N4O3/c1-2-32-20(31)17-19(21(24,25)26)28-16-9-29(5-6-30(16)17)12-8-15(27)18(33-10-12)13-7-11(22)3-4-14(13)23/h3-4,7,12,15,18H,2,5-6,8-10,27H2,1H3/t12-,15+,18-/m1/s1. The van der Waals surface area contributed by atoms with Crippen LogP contribution in [0, 0.1) is 11.6 Å². The van der Waals surface area contributed by atoms with Gasteiger partial charge >= 0.3 is 12.1 Å². The summed E-state index contributed by atoms with van der Waals surface area (Å²) in [4.78, 5) is 17.8. The van der Waals surface area contributed by atoms with Crippen molar-refractivity contribution in [2.75, 3.05) is 19.8 Å². The molecule has 1 fully saturated rings. The van der Waals surface area contributed by atoms with Crippen LogP contribution in [0.25, 0.3) is 0 Å². The van der Waals surface area contributed by atoms with Gasteiger partial charge in [-0.05, 0) is 31.5 Å². The third-order valence-corrected chi connectivity index (χ3v) is 5.92. The number of aromatic nitrogens is 2. The lowest BCUT2D eigenvalue weighted by atomic mass is 9.93. The second-order valence-electron chi connectivity index (χ2n) is 8.04. The maximum absolute atomic E-state index is 14.1. The first kappa shape index (κ1) is 23.6. The first-order valence-corrected chi connectivity index (χ1v) is 10.5. The molecule has 1 aromatic carbocycles. The van der Waals surface area contributed by atoms with Crippen LogP contribution in [-0.2, 0) is 28.7 Å². The van der Waals surface area contributed by atoms with Crippen molar-refractivity contribution >= 4 is 5.97 Å². The van der Waals surface area contributed by atoms with Crippen molar-refractivity contribution in [1.82, 2.24) is 14.5 Å². The van der Waals surface area contributed by atoms with E-state index in [0.29, 0.717) is 13.0 Å². The molecule has 1 saturated heterocycles. The SMILES string of the molecule is CCOC(=O)c1c(C(F)(F)F)nc2n1CCN([C@H]1CO[C@H](c3cc(F)ccc3F)[C@@H](N)C1)C2. The van der Waals surface area contributed by atoms with Gasteiger partial charge in [-0.15, -0.1) is 0 Å². The zero-order chi connectivity index (χ0) is 23.9. The van der Waals surface area contributed by atoms with E-state index in [1.165, 1.54) is 11.5 Å². The van der Waals surface area contributed by atoms with Crippen LogP contribution in [0.3, 0.4) is 0 Å². The molecule has 12 heteroatoms. The Hall–Kier alpha value is -2.57. The first-order valence-electron chi connectivity index (χ1n) is 10.5. The summed E-state index contributed by atoms with van der Waals surface area (Å²) in [6.07, 6.45) is -5.29. The zero-order valence-corrected chi connectivity index (χ0v) is 17.7. The molecule has 0 aliphatic carbocycles. The summed E-state index contributed by atoms with van der Waals surface area (Å²) < 4.78 is 80.1. The van der Waals surface area contributed by atoms with E-state index in [9.17, 15) is 26.7 Å². The molecule has 2 N–H and O–H groups in total. The van der Waals surface area contributed by atoms with E-state index in [1.54, 1.807) is 0 Å². The summed E-state index contributed by atoms with van der Waals surface area (Å²) in [5.74, 6) is -2.21. The Morgan fingerprint density at radius 1 is 1.30 bits per heavy atom. The van der Waals surface area contributed by atoms with Gasteiger partial charge in [0, 0.05) is 30.7 Å². The fourth-order valence-corrected chi connectivity index (χ4v) is 4.42. The molecule has 0 spiro atoms. The van der Waals surface area contributed by atoms with Crippen molar-refractivity contribution in [2.24, 2.45) is 5.73 Å². The Morgan fingerprint density at radius 2 is 2.06 bits per heavy atom. The summed E-state index contributed by atoms with van der Waals surface area (Å²) in [6.45, 7) is 2.05. The molecule has 2 aliphatic rings. The quantitative estimate of drug-likeness (QED) is 0.542. The Balaban J connectivity index is 1.52. The van der Waals surface area contributed by atoms with Gasteiger partial charge in [0.05, 0.1) is 19.8 Å². The van der Waals surface area contributed by atoms with Crippen molar-refractivity contribution in [3.05, 3.63) is 52.6 Å². The van der Waals surface area contributed by atoms with E-state index in [-0.39, 0.29) is 43.7 Å². The van der Waals surface area contributed by atoms with E-state index >= 15 is 0 Å². The number of carbonyl (C=O) groups is 1. The molecule has 33 heavy (non-hydrogen) atoms. The third kappa shape index (κ3) is 4.59. The molecule has 1 aromatic heterocycles. The molecule has 4 rings (SSSR count). The normalized spacial score (nSPS) is 23.9. The van der Waals surface area contributed by atoms with Crippen LogP contribution in [0.5, 0.6) is 0 Å². The maximum Gasteiger partial charge on any atom is 0.435 e. The molecular formula is C21H23F5N4O3. The number of ether oxygens (including phenoxy) is 2. The molecule has 7 nitrogen and oxygen atoms in total. The van der Waals surface area contributed by atoms with Crippen LogP contribution in [0.15, 0.2) is 18.2 Å². The topological polar surface area (TPSA) is 82.6 Å². The summed E-state index contributed by atoms with van der Waals surface area (Å²) in [5.41, 5.74) is 4.37. The second-order valence-corrected chi connectivity index (χ2v) is 8.04. The predicted octanol–water partition coefficient (Wildman–Crippen LogP) is 3.03. The van der Waals surface area contributed by atoms with E-state index < -0.39 is 47.3 Å². The fourth-order valence-electron chi connectivity index (χ4n) is 4.42. The minimum Gasteiger partial charge on any atom is -0.461 e. The minimum absolute atomic E-state index is 0.0315. The van der Waals surface area contributed by atoms with Gasteiger partial charge in [0.25, 0.3) is 0 Å². The summed E-state index contributed by atoms with van der Waals surface area (Å²) in [6, 6.07) is 2.15. The lowest BCUT2D eigenvalue weighted by Crippen LogP contribution is -2.51. The van der Waals surface area contributed by atoms with Crippen LogP contribution >= 0.6 is 0 Å². The van der Waals surface area contributed by atoms with Crippen LogP contribution in [0.1, 0.15) is 47.0 Å². The monoisotopic (exact) mass is 474 g/mol. The Kier molecular flexibility index (Phi) is 6.43. The summed E-state index contributed by atoms with van der Waals surface area (Å²) in [5, 5.41) is 0. The molecule has 0 amide bonds. The van der Waals surface area contributed by atoms with Gasteiger partial charge in [-0.1, -0.05) is 0 Å². The number of hydrogen-bond donors (Lipinski definition) is 1. The number of fused-ring (bicyclic) bond motifs is 1. The number of nitrogens with zero attached hydrogens (tertiary/aromatic N) is 3. The average Bonchev–Trinajstić information content (AvgIpc) is 3.15. The molecule has 0 unspecified atom stereocenters.